The van der Waals surface area contributed by atoms with Gasteiger partial charge >= 0.3 is 0 Å². The Morgan fingerprint density at radius 3 is 2.32 bits per heavy atom. The number of hydrogen-bond acceptors (Lipinski definition) is 6. The van der Waals surface area contributed by atoms with Crippen LogP contribution in [0.4, 0.5) is 5.69 Å². The first-order valence-electron chi connectivity index (χ1n) is 8.51. The Morgan fingerprint density at radius 1 is 1.14 bits per heavy atom. The van der Waals surface area contributed by atoms with Gasteiger partial charge in [-0.05, 0) is 44.3 Å². The first kappa shape index (κ1) is 21.7. The Hall–Kier alpha value is -2.62. The fourth-order valence-corrected chi connectivity index (χ4v) is 3.17. The lowest BCUT2D eigenvalue weighted by atomic mass is 10.1. The molecule has 2 rings (SSSR count). The van der Waals surface area contributed by atoms with Gasteiger partial charge in [0.15, 0.2) is 11.5 Å². The normalized spacial score (nSPS) is 12.5. The zero-order valence-corrected chi connectivity index (χ0v) is 17.1. The van der Waals surface area contributed by atoms with Gasteiger partial charge in [0.25, 0.3) is 0 Å². The summed E-state index contributed by atoms with van der Waals surface area (Å²) < 4.78 is 33.3. The molecule has 1 atom stereocenters. The Morgan fingerprint density at radius 2 is 1.79 bits per heavy atom. The summed E-state index contributed by atoms with van der Waals surface area (Å²) in [5.41, 5.74) is 1.37. The first-order valence-corrected chi connectivity index (χ1v) is 10.1. The molecule has 0 aliphatic rings. The number of sulfonamides is 1. The van der Waals surface area contributed by atoms with Crippen molar-refractivity contribution in [3.05, 3.63) is 48.0 Å². The fraction of sp³-hybridized carbons (Fsp3) is 0.316. The summed E-state index contributed by atoms with van der Waals surface area (Å²) in [5, 5.41) is 7.84. The third-order valence-electron chi connectivity index (χ3n) is 4.40. The van der Waals surface area contributed by atoms with Gasteiger partial charge in [0, 0.05) is 17.8 Å². The maximum absolute atomic E-state index is 12.6. The SMILES string of the molecule is COc1cccc(CN(C)[C@H](C)C(=O)Nc2ccc(S(N)(=O)=O)cc2)c1OC. The van der Waals surface area contributed by atoms with Crippen molar-refractivity contribution >= 4 is 21.6 Å². The van der Waals surface area contributed by atoms with Gasteiger partial charge in [-0.3, -0.25) is 9.69 Å². The van der Waals surface area contributed by atoms with E-state index in [-0.39, 0.29) is 10.8 Å². The number of ether oxygens (including phenoxy) is 2. The summed E-state index contributed by atoms with van der Waals surface area (Å²) in [4.78, 5) is 14.4. The van der Waals surface area contributed by atoms with Crippen molar-refractivity contribution < 1.29 is 22.7 Å². The van der Waals surface area contributed by atoms with E-state index in [0.717, 1.165) is 5.56 Å². The highest BCUT2D eigenvalue weighted by Crippen LogP contribution is 2.31. The summed E-state index contributed by atoms with van der Waals surface area (Å²) in [6.07, 6.45) is 0. The number of anilines is 1. The number of benzene rings is 2. The summed E-state index contributed by atoms with van der Waals surface area (Å²) in [6.45, 7) is 2.25. The van der Waals surface area contributed by atoms with E-state index in [4.69, 9.17) is 14.6 Å². The number of primary sulfonamides is 1. The van der Waals surface area contributed by atoms with Crippen molar-refractivity contribution in [2.45, 2.75) is 24.4 Å². The zero-order chi connectivity index (χ0) is 20.9. The molecule has 0 bridgehead atoms. The highest BCUT2D eigenvalue weighted by Gasteiger charge is 2.20. The maximum atomic E-state index is 12.6. The van der Waals surface area contributed by atoms with Crippen molar-refractivity contribution in [1.29, 1.82) is 0 Å². The van der Waals surface area contributed by atoms with Crippen LogP contribution in [-0.4, -0.2) is 46.5 Å². The van der Waals surface area contributed by atoms with Gasteiger partial charge in [-0.2, -0.15) is 0 Å². The molecule has 1 amide bonds. The molecule has 0 spiro atoms. The Labute approximate surface area is 165 Å². The molecule has 28 heavy (non-hydrogen) atoms. The largest absolute Gasteiger partial charge is 0.493 e. The molecular formula is C19H25N3O5S. The molecule has 8 nitrogen and oxygen atoms in total. The molecular weight excluding hydrogens is 382 g/mol. The summed E-state index contributed by atoms with van der Waals surface area (Å²) in [5.74, 6) is 1.02. The lowest BCUT2D eigenvalue weighted by molar-refractivity contribution is -0.120. The number of carbonyl (C=O) groups is 1. The van der Waals surface area contributed by atoms with Gasteiger partial charge in [-0.1, -0.05) is 12.1 Å². The molecule has 0 radical (unpaired) electrons. The molecule has 2 aromatic carbocycles. The highest BCUT2D eigenvalue weighted by atomic mass is 32.2. The second kappa shape index (κ2) is 9.05. The van der Waals surface area contributed by atoms with E-state index < -0.39 is 16.1 Å². The molecule has 0 heterocycles. The number of amides is 1. The number of nitrogens with zero attached hydrogens (tertiary/aromatic N) is 1. The number of hydrogen-bond donors (Lipinski definition) is 2. The van der Waals surface area contributed by atoms with Crippen LogP contribution in [0.25, 0.3) is 0 Å². The van der Waals surface area contributed by atoms with Gasteiger partial charge in [-0.15, -0.1) is 0 Å². The molecule has 0 aromatic heterocycles. The topological polar surface area (TPSA) is 111 Å². The van der Waals surface area contributed by atoms with E-state index in [0.29, 0.717) is 23.7 Å². The van der Waals surface area contributed by atoms with Crippen LogP contribution in [0.1, 0.15) is 12.5 Å². The highest BCUT2D eigenvalue weighted by molar-refractivity contribution is 7.89. The molecule has 3 N–H and O–H groups in total. The van der Waals surface area contributed by atoms with Crippen LogP contribution in [0.3, 0.4) is 0 Å². The molecule has 0 fully saturated rings. The van der Waals surface area contributed by atoms with Gasteiger partial charge in [-0.25, -0.2) is 13.6 Å². The molecule has 0 saturated heterocycles. The average Bonchev–Trinajstić information content (AvgIpc) is 2.66. The van der Waals surface area contributed by atoms with Crippen LogP contribution in [0.15, 0.2) is 47.4 Å². The van der Waals surface area contributed by atoms with E-state index in [2.05, 4.69) is 5.32 Å². The second-order valence-electron chi connectivity index (χ2n) is 6.30. The number of para-hydroxylation sites is 1. The monoisotopic (exact) mass is 407 g/mol. The summed E-state index contributed by atoms with van der Waals surface area (Å²) >= 11 is 0. The predicted molar refractivity (Wildman–Crippen MR) is 107 cm³/mol. The van der Waals surface area contributed by atoms with Crippen molar-refractivity contribution in [3.63, 3.8) is 0 Å². The predicted octanol–water partition coefficient (Wildman–Crippen LogP) is 1.81. The first-order chi connectivity index (χ1) is 13.2. The smallest absolute Gasteiger partial charge is 0.241 e. The number of rotatable bonds is 8. The lowest BCUT2D eigenvalue weighted by Crippen LogP contribution is -2.39. The molecule has 9 heteroatoms. The standard InChI is InChI=1S/C19H25N3O5S/c1-13(19(23)21-15-8-10-16(11-9-15)28(20,24)25)22(2)12-14-6-5-7-17(26-3)18(14)27-4/h5-11,13H,12H2,1-4H3,(H,21,23)(H2,20,24,25)/t13-/m1/s1. The molecule has 0 aliphatic carbocycles. The minimum atomic E-state index is -3.77. The van der Waals surface area contributed by atoms with Crippen LogP contribution in [0, 0.1) is 0 Å². The Kier molecular flexibility index (Phi) is 7.00. The van der Waals surface area contributed by atoms with Crippen LogP contribution in [0.2, 0.25) is 0 Å². The Balaban J connectivity index is 2.07. The van der Waals surface area contributed by atoms with E-state index in [1.54, 1.807) is 21.1 Å². The third-order valence-corrected chi connectivity index (χ3v) is 5.32. The van der Waals surface area contributed by atoms with Crippen LogP contribution >= 0.6 is 0 Å². The van der Waals surface area contributed by atoms with Crippen LogP contribution in [0.5, 0.6) is 11.5 Å². The third kappa shape index (κ3) is 5.22. The van der Waals surface area contributed by atoms with Crippen molar-refractivity contribution in [1.82, 2.24) is 4.90 Å². The van der Waals surface area contributed by atoms with E-state index in [9.17, 15) is 13.2 Å². The van der Waals surface area contributed by atoms with E-state index in [1.165, 1.54) is 24.3 Å². The quantitative estimate of drug-likeness (QED) is 0.690. The lowest BCUT2D eigenvalue weighted by Gasteiger charge is -2.25. The number of methoxy groups -OCH3 is 2. The minimum Gasteiger partial charge on any atom is -0.493 e. The molecule has 152 valence electrons. The number of nitrogens with one attached hydrogen (secondary N) is 1. The number of nitrogens with two attached hydrogens (primary N) is 1. The maximum Gasteiger partial charge on any atom is 0.241 e. The van der Waals surface area contributed by atoms with Gasteiger partial charge in [0.05, 0.1) is 25.2 Å². The Bertz CT molecular complexity index is 929. The summed E-state index contributed by atoms with van der Waals surface area (Å²) in [7, 11) is 1.20. The minimum absolute atomic E-state index is 0.0132. The molecule has 0 unspecified atom stereocenters. The molecule has 0 saturated carbocycles. The molecule has 2 aromatic rings. The van der Waals surface area contributed by atoms with Crippen molar-refractivity contribution in [2.24, 2.45) is 5.14 Å². The summed E-state index contributed by atoms with van der Waals surface area (Å²) in [6, 6.07) is 10.8. The fourth-order valence-electron chi connectivity index (χ4n) is 2.66. The molecule has 0 aliphatic heterocycles. The van der Waals surface area contributed by atoms with Crippen LogP contribution in [-0.2, 0) is 21.4 Å². The zero-order valence-electron chi connectivity index (χ0n) is 16.3. The van der Waals surface area contributed by atoms with Crippen molar-refractivity contribution in [3.8, 4) is 11.5 Å². The average molecular weight is 407 g/mol. The van der Waals surface area contributed by atoms with Gasteiger partial charge in [0.2, 0.25) is 15.9 Å². The van der Waals surface area contributed by atoms with Crippen molar-refractivity contribution in [2.75, 3.05) is 26.6 Å². The van der Waals surface area contributed by atoms with E-state index in [1.807, 2.05) is 30.1 Å². The number of likely N-dealkylation sites (N-methyl/N-ethyl adjacent to an activating group) is 1. The number of carbonyl (C=O) groups excluding carboxylic acids is 1. The van der Waals surface area contributed by atoms with Crippen LogP contribution < -0.4 is 19.9 Å². The second-order valence-corrected chi connectivity index (χ2v) is 7.86. The van der Waals surface area contributed by atoms with E-state index >= 15 is 0 Å². The van der Waals surface area contributed by atoms with Gasteiger partial charge in [0.1, 0.15) is 0 Å². The van der Waals surface area contributed by atoms with Gasteiger partial charge < -0.3 is 14.8 Å².